The molecular weight excluding hydrogens is 208 g/mol. The summed E-state index contributed by atoms with van der Waals surface area (Å²) in [7, 11) is 3.24. The van der Waals surface area contributed by atoms with Crippen molar-refractivity contribution < 1.29 is 14.3 Å². The quantitative estimate of drug-likeness (QED) is 0.661. The van der Waals surface area contributed by atoms with Crippen molar-refractivity contribution in [2.24, 2.45) is 5.92 Å². The summed E-state index contributed by atoms with van der Waals surface area (Å²) in [6.45, 7) is 4.00. The lowest BCUT2D eigenvalue weighted by Crippen LogP contribution is -2.46. The second-order valence-electron chi connectivity index (χ2n) is 4.26. The third-order valence-corrected chi connectivity index (χ3v) is 3.01. The van der Waals surface area contributed by atoms with Crippen LogP contribution in [-0.2, 0) is 14.3 Å². The molecule has 1 aliphatic rings. The number of ether oxygens (including phenoxy) is 2. The van der Waals surface area contributed by atoms with Crippen LogP contribution in [0.5, 0.6) is 0 Å². The van der Waals surface area contributed by atoms with E-state index in [1.165, 1.54) is 0 Å². The predicted octanol–water partition coefficient (Wildman–Crippen LogP) is -0.238. The number of hydrogen-bond acceptors (Lipinski definition) is 4. The zero-order valence-electron chi connectivity index (χ0n) is 10.3. The molecule has 0 bridgehead atoms. The molecule has 1 saturated heterocycles. The summed E-state index contributed by atoms with van der Waals surface area (Å²) in [5.41, 5.74) is 0. The first-order valence-electron chi connectivity index (χ1n) is 5.71. The summed E-state index contributed by atoms with van der Waals surface area (Å²) >= 11 is 0. The third kappa shape index (κ3) is 3.73. The molecule has 0 radical (unpaired) electrons. The number of methoxy groups -OCH3 is 2. The number of carbonyl (C=O) groups is 1. The van der Waals surface area contributed by atoms with Gasteiger partial charge in [0.25, 0.3) is 0 Å². The topological polar surface area (TPSA) is 59.6 Å². The van der Waals surface area contributed by atoms with Crippen LogP contribution in [-0.4, -0.2) is 52.0 Å². The maximum absolute atomic E-state index is 11.8. The third-order valence-electron chi connectivity index (χ3n) is 3.01. The Morgan fingerprint density at radius 2 is 2.31 bits per heavy atom. The van der Waals surface area contributed by atoms with Gasteiger partial charge in [-0.2, -0.15) is 0 Å². The maximum Gasteiger partial charge on any atom is 0.237 e. The van der Waals surface area contributed by atoms with Crippen LogP contribution in [0.25, 0.3) is 0 Å². The van der Waals surface area contributed by atoms with Crippen LogP contribution in [0, 0.1) is 5.92 Å². The molecule has 1 fully saturated rings. The maximum atomic E-state index is 11.8. The van der Waals surface area contributed by atoms with E-state index in [1.54, 1.807) is 14.2 Å². The van der Waals surface area contributed by atoms with Gasteiger partial charge in [0, 0.05) is 20.8 Å². The fourth-order valence-electron chi connectivity index (χ4n) is 1.91. The van der Waals surface area contributed by atoms with Crippen LogP contribution in [0.2, 0.25) is 0 Å². The van der Waals surface area contributed by atoms with Crippen LogP contribution in [0.1, 0.15) is 13.3 Å². The largest absolute Gasteiger partial charge is 0.382 e. The smallest absolute Gasteiger partial charge is 0.237 e. The number of nitrogens with one attached hydrogen (secondary N) is 2. The van der Waals surface area contributed by atoms with Crippen LogP contribution < -0.4 is 10.6 Å². The molecule has 5 heteroatoms. The normalized spacial score (nSPS) is 26.7. The van der Waals surface area contributed by atoms with E-state index in [0.717, 1.165) is 13.0 Å². The molecule has 1 amide bonds. The summed E-state index contributed by atoms with van der Waals surface area (Å²) in [5, 5.41) is 6.08. The van der Waals surface area contributed by atoms with Crippen molar-refractivity contribution in [2.75, 3.05) is 33.9 Å². The Bertz CT molecular complexity index is 223. The molecule has 1 aliphatic heterocycles. The highest BCUT2D eigenvalue weighted by Gasteiger charge is 2.29. The van der Waals surface area contributed by atoms with Gasteiger partial charge in [-0.25, -0.2) is 0 Å². The summed E-state index contributed by atoms with van der Waals surface area (Å²) in [4.78, 5) is 11.8. The van der Waals surface area contributed by atoms with E-state index >= 15 is 0 Å². The van der Waals surface area contributed by atoms with Crippen molar-refractivity contribution in [3.8, 4) is 0 Å². The van der Waals surface area contributed by atoms with Crippen LogP contribution in [0.3, 0.4) is 0 Å². The molecule has 0 aromatic rings. The van der Waals surface area contributed by atoms with Gasteiger partial charge in [0.15, 0.2) is 0 Å². The van der Waals surface area contributed by atoms with E-state index in [-0.39, 0.29) is 18.1 Å². The number of amides is 1. The average Bonchev–Trinajstić information content (AvgIpc) is 2.70. The molecule has 3 unspecified atom stereocenters. The molecule has 0 saturated carbocycles. The summed E-state index contributed by atoms with van der Waals surface area (Å²) in [6.07, 6.45) is 0.981. The van der Waals surface area contributed by atoms with Crippen molar-refractivity contribution in [1.82, 2.24) is 10.6 Å². The second kappa shape index (κ2) is 6.83. The Hall–Kier alpha value is -0.650. The van der Waals surface area contributed by atoms with Gasteiger partial charge >= 0.3 is 0 Å². The van der Waals surface area contributed by atoms with Gasteiger partial charge in [0.1, 0.15) is 0 Å². The number of carbonyl (C=O) groups excluding carboxylic acids is 1. The SMILES string of the molecule is COCC(CNC(=O)C1NCCC1C)OC. The first kappa shape index (κ1) is 13.4. The lowest BCUT2D eigenvalue weighted by atomic mass is 10.0. The van der Waals surface area contributed by atoms with Crippen molar-refractivity contribution in [3.05, 3.63) is 0 Å². The molecule has 1 rings (SSSR count). The molecule has 2 N–H and O–H groups in total. The monoisotopic (exact) mass is 230 g/mol. The molecule has 5 nitrogen and oxygen atoms in total. The van der Waals surface area contributed by atoms with Crippen molar-refractivity contribution in [2.45, 2.75) is 25.5 Å². The summed E-state index contributed by atoms with van der Waals surface area (Å²) in [6, 6.07) is -0.0555. The molecular formula is C11H22N2O3. The van der Waals surface area contributed by atoms with Gasteiger partial charge < -0.3 is 20.1 Å². The molecule has 1 heterocycles. The van der Waals surface area contributed by atoms with Gasteiger partial charge in [-0.15, -0.1) is 0 Å². The predicted molar refractivity (Wildman–Crippen MR) is 61.3 cm³/mol. The first-order valence-corrected chi connectivity index (χ1v) is 5.71. The summed E-state index contributed by atoms with van der Waals surface area (Å²) in [5.74, 6) is 0.464. The first-order chi connectivity index (χ1) is 7.69. The van der Waals surface area contributed by atoms with E-state index in [9.17, 15) is 4.79 Å². The molecule has 0 spiro atoms. The van der Waals surface area contributed by atoms with Crippen molar-refractivity contribution in [1.29, 1.82) is 0 Å². The van der Waals surface area contributed by atoms with Crippen LogP contribution >= 0.6 is 0 Å². The minimum absolute atomic E-state index is 0.0555. The Balaban J connectivity index is 2.28. The van der Waals surface area contributed by atoms with Crippen LogP contribution in [0.15, 0.2) is 0 Å². The van der Waals surface area contributed by atoms with Crippen molar-refractivity contribution in [3.63, 3.8) is 0 Å². The Kier molecular flexibility index (Phi) is 5.73. The zero-order valence-corrected chi connectivity index (χ0v) is 10.3. The van der Waals surface area contributed by atoms with E-state index < -0.39 is 0 Å². The van der Waals surface area contributed by atoms with Gasteiger partial charge in [0.2, 0.25) is 5.91 Å². The lowest BCUT2D eigenvalue weighted by Gasteiger charge is -2.19. The number of hydrogen-bond donors (Lipinski definition) is 2. The molecule has 3 atom stereocenters. The average molecular weight is 230 g/mol. The van der Waals surface area contributed by atoms with Gasteiger partial charge in [-0.3, -0.25) is 4.79 Å². The van der Waals surface area contributed by atoms with Gasteiger partial charge in [0.05, 0.1) is 18.8 Å². The fraction of sp³-hybridized carbons (Fsp3) is 0.909. The zero-order chi connectivity index (χ0) is 12.0. The highest BCUT2D eigenvalue weighted by molar-refractivity contribution is 5.82. The molecule has 0 aromatic carbocycles. The minimum atomic E-state index is -0.0781. The Labute approximate surface area is 96.9 Å². The molecule has 0 aliphatic carbocycles. The van der Waals surface area contributed by atoms with E-state index in [0.29, 0.717) is 19.1 Å². The van der Waals surface area contributed by atoms with Gasteiger partial charge in [-0.1, -0.05) is 6.92 Å². The minimum Gasteiger partial charge on any atom is -0.382 e. The van der Waals surface area contributed by atoms with Gasteiger partial charge in [-0.05, 0) is 18.9 Å². The Morgan fingerprint density at radius 3 is 2.81 bits per heavy atom. The Morgan fingerprint density at radius 1 is 1.56 bits per heavy atom. The second-order valence-corrected chi connectivity index (χ2v) is 4.26. The molecule has 16 heavy (non-hydrogen) atoms. The molecule has 0 aromatic heterocycles. The van der Waals surface area contributed by atoms with E-state index in [4.69, 9.17) is 9.47 Å². The van der Waals surface area contributed by atoms with Crippen molar-refractivity contribution >= 4 is 5.91 Å². The number of rotatable bonds is 6. The van der Waals surface area contributed by atoms with E-state index in [1.807, 2.05) is 0 Å². The van der Waals surface area contributed by atoms with E-state index in [2.05, 4.69) is 17.6 Å². The fourth-order valence-corrected chi connectivity index (χ4v) is 1.91. The highest BCUT2D eigenvalue weighted by Crippen LogP contribution is 2.14. The van der Waals surface area contributed by atoms with Crippen LogP contribution in [0.4, 0.5) is 0 Å². The standard InChI is InChI=1S/C11H22N2O3/c1-8-4-5-12-10(8)11(14)13-6-9(16-3)7-15-2/h8-10,12H,4-7H2,1-3H3,(H,13,14). The summed E-state index contributed by atoms with van der Waals surface area (Å²) < 4.78 is 10.2. The molecule has 94 valence electrons. The highest BCUT2D eigenvalue weighted by atomic mass is 16.5. The lowest BCUT2D eigenvalue weighted by molar-refractivity contribution is -0.124.